The number of nitrogens with one attached hydrogen (secondary N) is 1. The molecule has 1 fully saturated rings. The van der Waals surface area contributed by atoms with Crippen LogP contribution < -0.4 is 5.32 Å². The van der Waals surface area contributed by atoms with Crippen molar-refractivity contribution in [1.82, 2.24) is 9.62 Å². The van der Waals surface area contributed by atoms with E-state index in [-0.39, 0.29) is 12.5 Å². The molecule has 1 N–H and O–H groups in total. The SMILES string of the molecule is Cc1ccc(S(=O)(=O)N(C)Cc2ccc(C(=O)NC3CC3)cc2)cc1C. The third kappa shape index (κ3) is 4.14. The summed E-state index contributed by atoms with van der Waals surface area (Å²) in [6.07, 6.45) is 2.09. The van der Waals surface area contributed by atoms with Crippen LogP contribution in [-0.4, -0.2) is 31.7 Å². The van der Waals surface area contributed by atoms with E-state index >= 15 is 0 Å². The number of hydrogen-bond acceptors (Lipinski definition) is 3. The summed E-state index contributed by atoms with van der Waals surface area (Å²) in [5.41, 5.74) is 3.44. The van der Waals surface area contributed by atoms with Crippen LogP contribution in [0.2, 0.25) is 0 Å². The monoisotopic (exact) mass is 372 g/mol. The standard InChI is InChI=1S/C20H24N2O3S/c1-14-4-11-19(12-15(14)2)26(24,25)22(3)13-16-5-7-17(8-6-16)20(23)21-18-9-10-18/h4-8,11-12,18H,9-10,13H2,1-3H3,(H,21,23). The fourth-order valence-electron chi connectivity index (χ4n) is 2.65. The Morgan fingerprint density at radius 3 is 2.31 bits per heavy atom. The van der Waals surface area contributed by atoms with Crippen molar-refractivity contribution in [2.24, 2.45) is 0 Å². The number of amides is 1. The van der Waals surface area contributed by atoms with Gasteiger partial charge in [0.25, 0.3) is 5.91 Å². The summed E-state index contributed by atoms with van der Waals surface area (Å²) < 4.78 is 26.9. The van der Waals surface area contributed by atoms with Crippen molar-refractivity contribution in [3.63, 3.8) is 0 Å². The zero-order chi connectivity index (χ0) is 18.9. The third-order valence-electron chi connectivity index (χ3n) is 4.72. The van der Waals surface area contributed by atoms with Crippen LogP contribution in [0.5, 0.6) is 0 Å². The summed E-state index contributed by atoms with van der Waals surface area (Å²) in [7, 11) is -1.99. The average molecular weight is 372 g/mol. The van der Waals surface area contributed by atoms with Gasteiger partial charge in [-0.05, 0) is 67.6 Å². The molecule has 26 heavy (non-hydrogen) atoms. The maximum absolute atomic E-state index is 12.8. The van der Waals surface area contributed by atoms with Gasteiger partial charge in [-0.25, -0.2) is 8.42 Å². The molecule has 1 amide bonds. The summed E-state index contributed by atoms with van der Waals surface area (Å²) in [6.45, 7) is 4.11. The van der Waals surface area contributed by atoms with Crippen LogP contribution in [0.25, 0.3) is 0 Å². The Labute approximate surface area is 155 Å². The zero-order valence-corrected chi connectivity index (χ0v) is 16.1. The van der Waals surface area contributed by atoms with E-state index in [9.17, 15) is 13.2 Å². The lowest BCUT2D eigenvalue weighted by atomic mass is 10.1. The molecule has 0 aromatic heterocycles. The van der Waals surface area contributed by atoms with Crippen molar-refractivity contribution < 1.29 is 13.2 Å². The van der Waals surface area contributed by atoms with Crippen molar-refractivity contribution in [2.45, 2.75) is 44.2 Å². The van der Waals surface area contributed by atoms with E-state index in [2.05, 4.69) is 5.32 Å². The molecular formula is C20H24N2O3S. The Bertz CT molecular complexity index is 917. The van der Waals surface area contributed by atoms with Crippen LogP contribution in [-0.2, 0) is 16.6 Å². The van der Waals surface area contributed by atoms with Crippen molar-refractivity contribution in [1.29, 1.82) is 0 Å². The molecule has 2 aromatic rings. The van der Waals surface area contributed by atoms with Crippen molar-refractivity contribution >= 4 is 15.9 Å². The van der Waals surface area contributed by atoms with Crippen LogP contribution in [0.1, 0.15) is 39.9 Å². The van der Waals surface area contributed by atoms with Gasteiger partial charge in [0.2, 0.25) is 10.0 Å². The Balaban J connectivity index is 1.70. The lowest BCUT2D eigenvalue weighted by molar-refractivity contribution is 0.0951. The first kappa shape index (κ1) is 18.6. The molecule has 0 radical (unpaired) electrons. The Morgan fingerprint density at radius 1 is 1.08 bits per heavy atom. The number of rotatable bonds is 6. The summed E-state index contributed by atoms with van der Waals surface area (Å²) in [6, 6.07) is 12.6. The van der Waals surface area contributed by atoms with Crippen LogP contribution >= 0.6 is 0 Å². The number of nitrogens with zero attached hydrogens (tertiary/aromatic N) is 1. The molecule has 1 aliphatic rings. The summed E-state index contributed by atoms with van der Waals surface area (Å²) in [5, 5.41) is 2.94. The molecule has 0 saturated heterocycles. The summed E-state index contributed by atoms with van der Waals surface area (Å²) >= 11 is 0. The highest BCUT2D eigenvalue weighted by molar-refractivity contribution is 7.89. The summed E-state index contributed by atoms with van der Waals surface area (Å²) in [4.78, 5) is 12.3. The van der Waals surface area contributed by atoms with Crippen molar-refractivity contribution in [3.8, 4) is 0 Å². The largest absolute Gasteiger partial charge is 0.349 e. The first-order valence-corrected chi connectivity index (χ1v) is 10.1. The van der Waals surface area contributed by atoms with Gasteiger partial charge in [-0.1, -0.05) is 18.2 Å². The molecule has 0 aliphatic heterocycles. The molecular weight excluding hydrogens is 348 g/mol. The van der Waals surface area contributed by atoms with Crippen LogP contribution in [0, 0.1) is 13.8 Å². The first-order chi connectivity index (χ1) is 12.3. The van der Waals surface area contributed by atoms with E-state index in [0.29, 0.717) is 16.5 Å². The Kier molecular flexibility index (Phi) is 5.16. The minimum absolute atomic E-state index is 0.0739. The van der Waals surface area contributed by atoms with Gasteiger partial charge in [0.15, 0.2) is 0 Å². The lowest BCUT2D eigenvalue weighted by Gasteiger charge is -2.18. The van der Waals surface area contributed by atoms with Gasteiger partial charge in [-0.15, -0.1) is 0 Å². The molecule has 6 heteroatoms. The van der Waals surface area contributed by atoms with E-state index in [0.717, 1.165) is 29.5 Å². The fourth-order valence-corrected chi connectivity index (χ4v) is 3.90. The predicted octanol–water partition coefficient (Wildman–Crippen LogP) is 3.02. The third-order valence-corrected chi connectivity index (χ3v) is 6.52. The molecule has 138 valence electrons. The van der Waals surface area contributed by atoms with Crippen LogP contribution in [0.15, 0.2) is 47.4 Å². The Morgan fingerprint density at radius 2 is 1.73 bits per heavy atom. The molecule has 0 atom stereocenters. The number of benzene rings is 2. The summed E-state index contributed by atoms with van der Waals surface area (Å²) in [5.74, 6) is -0.0739. The second-order valence-electron chi connectivity index (χ2n) is 6.95. The van der Waals surface area contributed by atoms with Gasteiger partial charge >= 0.3 is 0 Å². The highest BCUT2D eigenvalue weighted by Gasteiger charge is 2.24. The van der Waals surface area contributed by atoms with Gasteiger partial charge in [0.05, 0.1) is 4.90 Å². The van der Waals surface area contributed by atoms with Gasteiger partial charge < -0.3 is 5.32 Å². The second kappa shape index (κ2) is 7.21. The second-order valence-corrected chi connectivity index (χ2v) is 9.00. The first-order valence-electron chi connectivity index (χ1n) is 8.71. The molecule has 3 rings (SSSR count). The minimum Gasteiger partial charge on any atom is -0.349 e. The van der Waals surface area contributed by atoms with Crippen molar-refractivity contribution in [3.05, 3.63) is 64.7 Å². The van der Waals surface area contributed by atoms with Gasteiger partial charge in [-0.2, -0.15) is 4.31 Å². The maximum atomic E-state index is 12.8. The number of carbonyl (C=O) groups excluding carboxylic acids is 1. The van der Waals surface area contributed by atoms with Crippen molar-refractivity contribution in [2.75, 3.05) is 7.05 Å². The quantitative estimate of drug-likeness (QED) is 0.848. The van der Waals surface area contributed by atoms with E-state index in [1.165, 1.54) is 4.31 Å². The number of sulfonamides is 1. The number of hydrogen-bond donors (Lipinski definition) is 1. The van der Waals surface area contributed by atoms with E-state index < -0.39 is 10.0 Å². The molecule has 2 aromatic carbocycles. The zero-order valence-electron chi connectivity index (χ0n) is 15.3. The average Bonchev–Trinajstić information content (AvgIpc) is 3.41. The molecule has 1 aliphatic carbocycles. The van der Waals surface area contributed by atoms with Gasteiger partial charge in [0, 0.05) is 25.2 Å². The highest BCUT2D eigenvalue weighted by atomic mass is 32.2. The molecule has 5 nitrogen and oxygen atoms in total. The number of carbonyl (C=O) groups is 1. The van der Waals surface area contributed by atoms with E-state index in [1.807, 2.05) is 19.9 Å². The minimum atomic E-state index is -3.56. The van der Waals surface area contributed by atoms with Gasteiger partial charge in [-0.3, -0.25) is 4.79 Å². The highest BCUT2D eigenvalue weighted by Crippen LogP contribution is 2.21. The smallest absolute Gasteiger partial charge is 0.251 e. The van der Waals surface area contributed by atoms with E-state index in [4.69, 9.17) is 0 Å². The van der Waals surface area contributed by atoms with E-state index in [1.54, 1.807) is 43.4 Å². The van der Waals surface area contributed by atoms with Crippen LogP contribution in [0.3, 0.4) is 0 Å². The lowest BCUT2D eigenvalue weighted by Crippen LogP contribution is -2.27. The molecule has 1 saturated carbocycles. The van der Waals surface area contributed by atoms with Crippen LogP contribution in [0.4, 0.5) is 0 Å². The fraction of sp³-hybridized carbons (Fsp3) is 0.350. The topological polar surface area (TPSA) is 66.5 Å². The Hall–Kier alpha value is -2.18. The number of aryl methyl sites for hydroxylation is 2. The predicted molar refractivity (Wildman–Crippen MR) is 101 cm³/mol. The molecule has 0 bridgehead atoms. The normalized spacial score (nSPS) is 14.5. The molecule has 0 unspecified atom stereocenters. The molecule has 0 spiro atoms. The maximum Gasteiger partial charge on any atom is 0.251 e. The van der Waals surface area contributed by atoms with Gasteiger partial charge in [0.1, 0.15) is 0 Å². The molecule has 0 heterocycles.